The van der Waals surface area contributed by atoms with Crippen LogP contribution in [0, 0.1) is 0 Å². The van der Waals surface area contributed by atoms with E-state index >= 15 is 0 Å². The molecule has 1 atom stereocenters. The predicted molar refractivity (Wildman–Crippen MR) is 69.0 cm³/mol. The van der Waals surface area contributed by atoms with Gasteiger partial charge >= 0.3 is 0 Å². The van der Waals surface area contributed by atoms with Crippen molar-refractivity contribution in [1.82, 2.24) is 4.67 Å². The quantitative estimate of drug-likeness (QED) is 0.804. The van der Waals surface area contributed by atoms with Crippen LogP contribution < -0.4 is 5.30 Å². The van der Waals surface area contributed by atoms with E-state index in [4.69, 9.17) is 4.74 Å². The summed E-state index contributed by atoms with van der Waals surface area (Å²) in [7, 11) is -1.14. The molecule has 1 heterocycles. The van der Waals surface area contributed by atoms with Gasteiger partial charge in [0, 0.05) is 18.4 Å². The Hall–Kier alpha value is -0.470. The minimum absolute atomic E-state index is 0.728. The highest BCUT2D eigenvalue weighted by molar-refractivity contribution is 7.57. The van der Waals surface area contributed by atoms with Gasteiger partial charge in [-0.15, -0.1) is 0 Å². The summed E-state index contributed by atoms with van der Waals surface area (Å²) < 4.78 is 7.33. The van der Waals surface area contributed by atoms with E-state index in [1.165, 1.54) is 0 Å². The monoisotopic (exact) mass is 241 g/mol. The summed E-state index contributed by atoms with van der Waals surface area (Å²) in [5.41, 5.74) is 0. The molecule has 2 rings (SSSR count). The second-order valence-electron chi connectivity index (χ2n) is 3.19. The van der Waals surface area contributed by atoms with Crippen molar-refractivity contribution in [2.45, 2.75) is 13.8 Å². The zero-order valence-electron chi connectivity index (χ0n) is 9.97. The first kappa shape index (κ1) is 13.6. The van der Waals surface area contributed by atoms with E-state index in [0.717, 1.165) is 31.6 Å². The summed E-state index contributed by atoms with van der Waals surface area (Å²) in [4.78, 5) is 10.1. The lowest BCUT2D eigenvalue weighted by Gasteiger charge is -2.30. The van der Waals surface area contributed by atoms with Crippen LogP contribution in [0.25, 0.3) is 0 Å². The van der Waals surface area contributed by atoms with Gasteiger partial charge in [0.2, 0.25) is 0 Å². The second kappa shape index (κ2) is 7.75. The van der Waals surface area contributed by atoms with Crippen LogP contribution in [0.2, 0.25) is 0 Å². The fraction of sp³-hybridized carbons (Fsp3) is 0.500. The topological polar surface area (TPSA) is 32.7 Å². The molecule has 1 aromatic carbocycles. The van der Waals surface area contributed by atoms with Crippen LogP contribution >= 0.6 is 8.30 Å². The molecular weight excluding hydrogens is 221 g/mol. The van der Waals surface area contributed by atoms with Crippen molar-refractivity contribution in [3.05, 3.63) is 30.3 Å². The molecule has 3 nitrogen and oxygen atoms in total. The van der Waals surface area contributed by atoms with Crippen molar-refractivity contribution in [3.8, 4) is 0 Å². The minimum Gasteiger partial charge on any atom is -0.379 e. The van der Waals surface area contributed by atoms with Crippen molar-refractivity contribution in [3.63, 3.8) is 0 Å². The van der Waals surface area contributed by atoms with Crippen molar-refractivity contribution in [2.75, 3.05) is 26.3 Å². The number of nitrogens with zero attached hydrogens (tertiary/aromatic N) is 1. The van der Waals surface area contributed by atoms with E-state index < -0.39 is 8.30 Å². The van der Waals surface area contributed by atoms with Gasteiger partial charge in [-0.3, -0.25) is 4.67 Å². The Kier molecular flexibility index (Phi) is 6.58. The average molecular weight is 241 g/mol. The standard InChI is InChI=1S/C10H14NO2P.C2H6/c12-14(10-4-2-1-3-5-10)11-6-8-13-9-7-11;1-2/h1-5,12H,6-9H2;1-2H3. The summed E-state index contributed by atoms with van der Waals surface area (Å²) in [5.74, 6) is 0. The minimum atomic E-state index is -1.14. The summed E-state index contributed by atoms with van der Waals surface area (Å²) in [6.07, 6.45) is 0. The van der Waals surface area contributed by atoms with Crippen molar-refractivity contribution in [2.24, 2.45) is 0 Å². The Morgan fingerprint density at radius 2 is 1.69 bits per heavy atom. The highest BCUT2D eigenvalue weighted by Gasteiger charge is 2.20. The largest absolute Gasteiger partial charge is 0.379 e. The lowest BCUT2D eigenvalue weighted by molar-refractivity contribution is 0.0724. The number of hydrogen-bond acceptors (Lipinski definition) is 3. The molecule has 90 valence electrons. The molecule has 0 amide bonds. The Morgan fingerprint density at radius 1 is 1.12 bits per heavy atom. The molecule has 4 heteroatoms. The molecular formula is C12H20NO2P. The highest BCUT2D eigenvalue weighted by atomic mass is 31.2. The summed E-state index contributed by atoms with van der Waals surface area (Å²) in [5, 5.41) is 1.02. The fourth-order valence-electron chi connectivity index (χ4n) is 1.47. The number of rotatable bonds is 2. The molecule has 1 saturated heterocycles. The number of hydrogen-bond donors (Lipinski definition) is 1. The van der Waals surface area contributed by atoms with Crippen LogP contribution in [0.3, 0.4) is 0 Å². The van der Waals surface area contributed by atoms with Gasteiger partial charge < -0.3 is 9.63 Å². The second-order valence-corrected chi connectivity index (χ2v) is 4.85. The van der Waals surface area contributed by atoms with E-state index in [0.29, 0.717) is 0 Å². The van der Waals surface area contributed by atoms with E-state index in [2.05, 4.69) is 4.67 Å². The third-order valence-electron chi connectivity index (χ3n) is 2.24. The number of ether oxygens (including phenoxy) is 1. The van der Waals surface area contributed by atoms with Gasteiger partial charge in [0.1, 0.15) is 8.30 Å². The first-order chi connectivity index (χ1) is 7.88. The molecule has 0 aliphatic carbocycles. The van der Waals surface area contributed by atoms with Gasteiger partial charge in [0.05, 0.1) is 13.2 Å². The Balaban J connectivity index is 0.000000606. The molecule has 1 aliphatic rings. The molecule has 0 saturated carbocycles. The van der Waals surface area contributed by atoms with Crippen molar-refractivity contribution in [1.29, 1.82) is 0 Å². The fourth-order valence-corrected chi connectivity index (χ4v) is 2.78. The first-order valence-electron chi connectivity index (χ1n) is 5.74. The third-order valence-corrected chi connectivity index (χ3v) is 3.94. The smallest absolute Gasteiger partial charge is 0.134 e. The molecule has 1 fully saturated rings. The normalized spacial score (nSPS) is 18.4. The Morgan fingerprint density at radius 3 is 2.25 bits per heavy atom. The summed E-state index contributed by atoms with van der Waals surface area (Å²) >= 11 is 0. The molecule has 1 aromatic rings. The van der Waals surface area contributed by atoms with Gasteiger partial charge in [0.25, 0.3) is 0 Å². The molecule has 16 heavy (non-hydrogen) atoms. The summed E-state index contributed by atoms with van der Waals surface area (Å²) in [6, 6.07) is 9.83. The number of benzene rings is 1. The molecule has 0 spiro atoms. The molecule has 0 aromatic heterocycles. The maximum absolute atomic E-state index is 10.1. The van der Waals surface area contributed by atoms with Crippen LogP contribution in [-0.2, 0) is 4.74 Å². The van der Waals surface area contributed by atoms with Gasteiger partial charge in [-0.05, 0) is 0 Å². The van der Waals surface area contributed by atoms with Crippen LogP contribution in [0.15, 0.2) is 30.3 Å². The van der Waals surface area contributed by atoms with E-state index in [1.54, 1.807) is 0 Å². The van der Waals surface area contributed by atoms with Crippen LogP contribution in [0.1, 0.15) is 13.8 Å². The molecule has 1 N–H and O–H groups in total. The zero-order chi connectivity index (χ0) is 11.8. The SMILES string of the molecule is CC.OP(c1ccccc1)N1CCOCC1. The summed E-state index contributed by atoms with van der Waals surface area (Å²) in [6.45, 7) is 7.12. The molecule has 0 radical (unpaired) electrons. The zero-order valence-corrected chi connectivity index (χ0v) is 10.9. The van der Waals surface area contributed by atoms with Crippen molar-refractivity contribution < 1.29 is 9.63 Å². The Labute approximate surface area is 98.9 Å². The van der Waals surface area contributed by atoms with Crippen LogP contribution in [0.5, 0.6) is 0 Å². The maximum Gasteiger partial charge on any atom is 0.134 e. The molecule has 1 unspecified atom stereocenters. The average Bonchev–Trinajstić information content (AvgIpc) is 2.42. The van der Waals surface area contributed by atoms with E-state index in [9.17, 15) is 4.89 Å². The van der Waals surface area contributed by atoms with Gasteiger partial charge in [-0.25, -0.2) is 0 Å². The van der Waals surface area contributed by atoms with Crippen LogP contribution in [0.4, 0.5) is 0 Å². The van der Waals surface area contributed by atoms with Gasteiger partial charge in [0.15, 0.2) is 0 Å². The first-order valence-corrected chi connectivity index (χ1v) is 6.99. The lowest BCUT2D eigenvalue weighted by atomic mass is 10.4. The maximum atomic E-state index is 10.1. The van der Waals surface area contributed by atoms with E-state index in [1.807, 2.05) is 44.2 Å². The van der Waals surface area contributed by atoms with Crippen molar-refractivity contribution >= 4 is 13.6 Å². The van der Waals surface area contributed by atoms with Gasteiger partial charge in [-0.1, -0.05) is 44.2 Å². The number of morpholine rings is 1. The molecule has 0 bridgehead atoms. The predicted octanol–water partition coefficient (Wildman–Crippen LogP) is 1.97. The molecule has 1 aliphatic heterocycles. The lowest BCUT2D eigenvalue weighted by Crippen LogP contribution is -2.34. The van der Waals surface area contributed by atoms with Gasteiger partial charge in [-0.2, -0.15) is 0 Å². The van der Waals surface area contributed by atoms with E-state index in [-0.39, 0.29) is 0 Å². The third kappa shape index (κ3) is 3.84. The Bertz CT molecular complexity index is 276. The van der Waals surface area contributed by atoms with Crippen LogP contribution in [-0.4, -0.2) is 35.9 Å². The highest BCUT2D eigenvalue weighted by Crippen LogP contribution is 2.34.